The number of fused-ring (bicyclic) bond motifs is 2. The Morgan fingerprint density at radius 3 is 1.19 bits per heavy atom. The fourth-order valence-electron chi connectivity index (χ4n) is 10.0. The van der Waals surface area contributed by atoms with Crippen molar-refractivity contribution in [1.82, 2.24) is 9.80 Å². The van der Waals surface area contributed by atoms with Gasteiger partial charge in [-0.05, 0) is 116 Å². The lowest BCUT2D eigenvalue weighted by Crippen LogP contribution is -2.41. The third-order valence-electron chi connectivity index (χ3n) is 13.1. The van der Waals surface area contributed by atoms with Crippen LogP contribution in [0, 0.1) is 22.7 Å². The summed E-state index contributed by atoms with van der Waals surface area (Å²) >= 11 is 0. The zero-order valence-corrected chi connectivity index (χ0v) is 35.4. The Bertz CT molecular complexity index is 2870. The summed E-state index contributed by atoms with van der Waals surface area (Å²) in [5, 5.41) is 25.7. The Morgan fingerprint density at radius 1 is 0.403 bits per heavy atom. The van der Waals surface area contributed by atoms with Gasteiger partial charge in [-0.1, -0.05) is 114 Å². The van der Waals surface area contributed by atoms with Crippen LogP contribution >= 0.6 is 0 Å². The molecular weight excluding hydrogens is 769 g/mol. The first-order valence-electron chi connectivity index (χ1n) is 22.3. The van der Waals surface area contributed by atoms with Crippen molar-refractivity contribution < 1.29 is 19.2 Å². The third-order valence-corrected chi connectivity index (χ3v) is 13.1. The molecule has 0 atom stereocenters. The maximum Gasteiger partial charge on any atom is 0.261 e. The van der Waals surface area contributed by atoms with Crippen molar-refractivity contribution in [1.29, 1.82) is 10.5 Å². The molecule has 7 aromatic carbocycles. The topological polar surface area (TPSA) is 122 Å². The highest BCUT2D eigenvalue weighted by molar-refractivity contribution is 6.44. The molecular formula is C54H48N4O4. The number of hydrogen-bond donors (Lipinski definition) is 0. The van der Waals surface area contributed by atoms with E-state index in [0.29, 0.717) is 81.2 Å². The van der Waals surface area contributed by atoms with Crippen LogP contribution in [0.25, 0.3) is 65.3 Å². The third kappa shape index (κ3) is 6.66. The maximum atomic E-state index is 14.7. The molecule has 0 aromatic heterocycles. The molecule has 7 aromatic rings. The Balaban J connectivity index is 1.34. The average molecular weight is 817 g/mol. The predicted molar refractivity (Wildman–Crippen MR) is 245 cm³/mol. The molecule has 62 heavy (non-hydrogen) atoms. The number of nitrogens with zero attached hydrogens (tertiary/aromatic N) is 4. The fourth-order valence-corrected chi connectivity index (χ4v) is 10.0. The van der Waals surface area contributed by atoms with Crippen LogP contribution in [0.5, 0.6) is 0 Å². The zero-order chi connectivity index (χ0) is 43.1. The molecule has 0 saturated heterocycles. The van der Waals surface area contributed by atoms with Crippen molar-refractivity contribution in [2.24, 2.45) is 0 Å². The fraction of sp³-hybridized carbons (Fsp3) is 0.296. The molecule has 9 rings (SSSR count). The minimum absolute atomic E-state index is 0.318. The number of carbonyl (C=O) groups excluding carboxylic acids is 4. The second-order valence-corrected chi connectivity index (χ2v) is 17.0. The van der Waals surface area contributed by atoms with E-state index >= 15 is 0 Å². The van der Waals surface area contributed by atoms with E-state index in [4.69, 9.17) is 0 Å². The summed E-state index contributed by atoms with van der Waals surface area (Å²) < 4.78 is 0. The molecule has 308 valence electrons. The van der Waals surface area contributed by atoms with E-state index in [-0.39, 0.29) is 23.6 Å². The molecule has 0 N–H and O–H groups in total. The van der Waals surface area contributed by atoms with Crippen molar-refractivity contribution in [2.75, 3.05) is 13.1 Å². The van der Waals surface area contributed by atoms with Crippen LogP contribution in [-0.2, 0) is 0 Å². The lowest BCUT2D eigenvalue weighted by atomic mass is 9.77. The van der Waals surface area contributed by atoms with E-state index in [0.717, 1.165) is 108 Å². The minimum atomic E-state index is -0.350. The van der Waals surface area contributed by atoms with Gasteiger partial charge in [-0.2, -0.15) is 10.5 Å². The lowest BCUT2D eigenvalue weighted by molar-refractivity contribution is 0.0592. The zero-order valence-electron chi connectivity index (χ0n) is 35.4. The van der Waals surface area contributed by atoms with E-state index in [9.17, 15) is 29.7 Å². The van der Waals surface area contributed by atoms with Gasteiger partial charge in [-0.3, -0.25) is 29.0 Å². The number of imide groups is 2. The molecule has 0 saturated carbocycles. The Hall–Kier alpha value is -6.90. The molecule has 2 heterocycles. The van der Waals surface area contributed by atoms with Crippen LogP contribution in [0.2, 0.25) is 0 Å². The first-order chi connectivity index (χ1) is 30.3. The van der Waals surface area contributed by atoms with Gasteiger partial charge in [0.15, 0.2) is 0 Å². The average Bonchev–Trinajstić information content (AvgIpc) is 3.30. The number of hydrogen-bond acceptors (Lipinski definition) is 6. The van der Waals surface area contributed by atoms with Crippen LogP contribution in [0.4, 0.5) is 0 Å². The van der Waals surface area contributed by atoms with Crippen molar-refractivity contribution in [3.8, 4) is 34.4 Å². The largest absolute Gasteiger partial charge is 0.274 e. The molecule has 2 aliphatic heterocycles. The Morgan fingerprint density at radius 2 is 0.790 bits per heavy atom. The van der Waals surface area contributed by atoms with Crippen molar-refractivity contribution >= 4 is 66.7 Å². The van der Waals surface area contributed by atoms with Crippen LogP contribution in [-0.4, -0.2) is 46.5 Å². The summed E-state index contributed by atoms with van der Waals surface area (Å²) in [6, 6.07) is 30.4. The molecule has 0 spiro atoms. The summed E-state index contributed by atoms with van der Waals surface area (Å²) in [4.78, 5) is 61.2. The molecule has 8 nitrogen and oxygen atoms in total. The van der Waals surface area contributed by atoms with Gasteiger partial charge in [0, 0.05) is 46.1 Å². The van der Waals surface area contributed by atoms with Gasteiger partial charge >= 0.3 is 0 Å². The molecule has 0 fully saturated rings. The Labute approximate surface area is 361 Å². The van der Waals surface area contributed by atoms with Crippen molar-refractivity contribution in [3.05, 3.63) is 118 Å². The second kappa shape index (κ2) is 16.9. The number of nitriles is 2. The van der Waals surface area contributed by atoms with Gasteiger partial charge in [0.1, 0.15) is 0 Å². The van der Waals surface area contributed by atoms with E-state index in [1.165, 1.54) is 9.80 Å². The summed E-state index contributed by atoms with van der Waals surface area (Å²) in [7, 11) is 0. The van der Waals surface area contributed by atoms with E-state index < -0.39 is 0 Å². The molecule has 0 unspecified atom stereocenters. The van der Waals surface area contributed by atoms with Gasteiger partial charge in [-0.25, -0.2) is 0 Å². The summed E-state index contributed by atoms with van der Waals surface area (Å²) in [6.45, 7) is 4.99. The first-order valence-corrected chi connectivity index (χ1v) is 22.3. The number of unbranched alkanes of at least 4 members (excludes halogenated alkanes) is 10. The second-order valence-electron chi connectivity index (χ2n) is 17.0. The number of benzene rings is 7. The van der Waals surface area contributed by atoms with Gasteiger partial charge in [-0.15, -0.1) is 0 Å². The highest BCUT2D eigenvalue weighted by Gasteiger charge is 2.38. The van der Waals surface area contributed by atoms with Gasteiger partial charge in [0.25, 0.3) is 23.6 Å². The van der Waals surface area contributed by atoms with Crippen molar-refractivity contribution in [3.63, 3.8) is 0 Å². The monoisotopic (exact) mass is 816 g/mol. The number of rotatable bonds is 16. The van der Waals surface area contributed by atoms with Gasteiger partial charge in [0.05, 0.1) is 23.3 Å². The molecule has 4 amide bonds. The molecule has 0 aliphatic carbocycles. The van der Waals surface area contributed by atoms with Crippen LogP contribution in [0.1, 0.15) is 143 Å². The summed E-state index contributed by atoms with van der Waals surface area (Å²) in [5.41, 5.74) is 5.51. The lowest BCUT2D eigenvalue weighted by Gasteiger charge is -2.32. The molecule has 2 aliphatic rings. The predicted octanol–water partition coefficient (Wildman–Crippen LogP) is 12.7. The van der Waals surface area contributed by atoms with Gasteiger partial charge in [0.2, 0.25) is 0 Å². The first kappa shape index (κ1) is 40.5. The highest BCUT2D eigenvalue weighted by Crippen LogP contribution is 2.52. The van der Waals surface area contributed by atoms with Gasteiger partial charge < -0.3 is 0 Å². The smallest absolute Gasteiger partial charge is 0.261 e. The van der Waals surface area contributed by atoms with Crippen molar-refractivity contribution in [2.45, 2.75) is 90.9 Å². The number of carbonyl (C=O) groups is 4. The standard InChI is InChI=1S/C54H48N4O4/c1-3-5-7-9-11-13-25-57-51(59)39-23-21-37-46-42(36-20-16-18-34(28-36)32-56)30-44-48-40(52(60)58(54(44)62)26-14-12-10-8-6-4-2)24-22-38(50(46)48)45-41(35-19-15-17-33(27-35)31-55)29-43(53(57)61)47(39)49(37)45/h15-24,27-30H,3-14,25-26H2,1-2H3. The van der Waals surface area contributed by atoms with Crippen LogP contribution in [0.3, 0.4) is 0 Å². The maximum absolute atomic E-state index is 14.7. The highest BCUT2D eigenvalue weighted by atomic mass is 16.2. The normalized spacial score (nSPS) is 13.6. The number of amides is 4. The molecule has 0 bridgehead atoms. The van der Waals surface area contributed by atoms with E-state index in [1.54, 1.807) is 12.1 Å². The minimum Gasteiger partial charge on any atom is -0.274 e. The summed E-state index contributed by atoms with van der Waals surface area (Å²) in [6.07, 6.45) is 12.2. The SMILES string of the molecule is CCCCCCCCN1C(=O)c2ccc3c4c(-c5cccc(C#N)c5)cc5c6c(ccc(c7c(-c8cccc(C#N)c8)cc(c2c37)C1=O)c64)C(=O)N(CCCCCCCC)C5=O. The summed E-state index contributed by atoms with van der Waals surface area (Å²) in [5.74, 6) is -1.35. The van der Waals surface area contributed by atoms with Crippen LogP contribution < -0.4 is 0 Å². The molecule has 8 heteroatoms. The van der Waals surface area contributed by atoms with Crippen LogP contribution in [0.15, 0.2) is 84.9 Å². The Kier molecular flexibility index (Phi) is 11.0. The quantitative estimate of drug-likeness (QED) is 0.0414. The van der Waals surface area contributed by atoms with E-state index in [2.05, 4.69) is 26.0 Å². The van der Waals surface area contributed by atoms with E-state index in [1.807, 2.05) is 72.8 Å². The molecule has 0 radical (unpaired) electrons.